The van der Waals surface area contributed by atoms with E-state index in [-0.39, 0.29) is 11.8 Å². The molecule has 2 N–H and O–H groups in total. The first-order valence-electron chi connectivity index (χ1n) is 8.99. The first kappa shape index (κ1) is 19.0. The van der Waals surface area contributed by atoms with Crippen LogP contribution in [0, 0.1) is 5.92 Å². The van der Waals surface area contributed by atoms with Crippen LogP contribution in [0.4, 0.5) is 11.5 Å². The van der Waals surface area contributed by atoms with E-state index in [0.717, 1.165) is 24.2 Å². The summed E-state index contributed by atoms with van der Waals surface area (Å²) in [6.45, 7) is 1.89. The van der Waals surface area contributed by atoms with E-state index in [9.17, 15) is 4.79 Å². The average Bonchev–Trinajstić information content (AvgIpc) is 2.73. The molecule has 3 rings (SSSR count). The van der Waals surface area contributed by atoms with Gasteiger partial charge in [0.15, 0.2) is 11.5 Å². The van der Waals surface area contributed by atoms with Gasteiger partial charge in [0.1, 0.15) is 5.82 Å². The van der Waals surface area contributed by atoms with E-state index in [4.69, 9.17) is 14.2 Å². The van der Waals surface area contributed by atoms with Crippen LogP contribution in [-0.2, 0) is 16.1 Å². The fourth-order valence-electron chi connectivity index (χ4n) is 2.96. The molecule has 0 unspecified atom stereocenters. The lowest BCUT2D eigenvalue weighted by Crippen LogP contribution is -2.28. The first-order chi connectivity index (χ1) is 13.2. The number of rotatable bonds is 7. The predicted octanol–water partition coefficient (Wildman–Crippen LogP) is 3.08. The number of anilines is 2. The Morgan fingerprint density at radius 3 is 2.59 bits per heavy atom. The highest BCUT2D eigenvalue weighted by atomic mass is 16.5. The number of hydrogen-bond donors (Lipinski definition) is 2. The Bertz CT molecular complexity index is 758. The van der Waals surface area contributed by atoms with Gasteiger partial charge in [0.2, 0.25) is 5.91 Å². The van der Waals surface area contributed by atoms with E-state index < -0.39 is 0 Å². The minimum Gasteiger partial charge on any atom is -0.493 e. The molecule has 1 aliphatic rings. The summed E-state index contributed by atoms with van der Waals surface area (Å²) in [7, 11) is 3.23. The summed E-state index contributed by atoms with van der Waals surface area (Å²) in [6, 6.07) is 9.46. The number of carbonyl (C=O) groups is 1. The second kappa shape index (κ2) is 9.23. The number of pyridine rings is 1. The molecule has 1 fully saturated rings. The summed E-state index contributed by atoms with van der Waals surface area (Å²) in [5.41, 5.74) is 1.74. The van der Waals surface area contributed by atoms with Crippen molar-refractivity contribution in [2.45, 2.75) is 19.4 Å². The van der Waals surface area contributed by atoms with Crippen molar-refractivity contribution in [3.05, 3.63) is 42.1 Å². The third-order valence-corrected chi connectivity index (χ3v) is 4.54. The van der Waals surface area contributed by atoms with Gasteiger partial charge >= 0.3 is 0 Å². The molecule has 2 aromatic rings. The zero-order valence-electron chi connectivity index (χ0n) is 15.7. The van der Waals surface area contributed by atoms with Crippen LogP contribution < -0.4 is 20.1 Å². The van der Waals surface area contributed by atoms with Crippen molar-refractivity contribution in [3.63, 3.8) is 0 Å². The van der Waals surface area contributed by atoms with Crippen LogP contribution in [0.25, 0.3) is 0 Å². The largest absolute Gasteiger partial charge is 0.493 e. The quantitative estimate of drug-likeness (QED) is 0.778. The van der Waals surface area contributed by atoms with Gasteiger partial charge in [0.05, 0.1) is 26.1 Å². The Hall–Kier alpha value is -2.80. The molecule has 0 bridgehead atoms. The van der Waals surface area contributed by atoms with Crippen LogP contribution >= 0.6 is 0 Å². The van der Waals surface area contributed by atoms with Gasteiger partial charge in [-0.2, -0.15) is 0 Å². The maximum atomic E-state index is 12.2. The molecular formula is C20H25N3O4. The van der Waals surface area contributed by atoms with Gasteiger partial charge in [-0.15, -0.1) is 0 Å². The highest BCUT2D eigenvalue weighted by Gasteiger charge is 2.21. The van der Waals surface area contributed by atoms with Crippen LogP contribution in [0.3, 0.4) is 0 Å². The number of amides is 1. The third kappa shape index (κ3) is 5.10. The Morgan fingerprint density at radius 2 is 1.93 bits per heavy atom. The molecule has 0 saturated carbocycles. The van der Waals surface area contributed by atoms with Gasteiger partial charge in [-0.1, -0.05) is 6.07 Å². The maximum Gasteiger partial charge on any atom is 0.227 e. The Morgan fingerprint density at radius 1 is 1.15 bits per heavy atom. The molecule has 1 aliphatic heterocycles. The van der Waals surface area contributed by atoms with Crippen LogP contribution in [0.5, 0.6) is 11.5 Å². The van der Waals surface area contributed by atoms with Crippen molar-refractivity contribution in [3.8, 4) is 11.5 Å². The lowest BCUT2D eigenvalue weighted by atomic mass is 9.99. The standard InChI is InChI=1S/C20H25N3O4/c1-25-17-5-3-14(11-18(17)26-2)12-21-19-6-4-16(13-22-19)23-20(24)15-7-9-27-10-8-15/h3-6,11,13,15H,7-10,12H2,1-2H3,(H,21,22)(H,23,24). The Labute approximate surface area is 159 Å². The Balaban J connectivity index is 1.54. The molecule has 2 heterocycles. The molecule has 0 spiro atoms. The Kier molecular flexibility index (Phi) is 6.49. The molecule has 1 saturated heterocycles. The third-order valence-electron chi connectivity index (χ3n) is 4.54. The van der Waals surface area contributed by atoms with E-state index in [1.165, 1.54) is 0 Å². The molecule has 0 aliphatic carbocycles. The fraction of sp³-hybridized carbons (Fsp3) is 0.400. The summed E-state index contributed by atoms with van der Waals surface area (Å²) < 4.78 is 15.8. The molecule has 0 radical (unpaired) electrons. The summed E-state index contributed by atoms with van der Waals surface area (Å²) in [4.78, 5) is 16.6. The van der Waals surface area contributed by atoms with Gasteiger partial charge in [-0.3, -0.25) is 4.79 Å². The van der Waals surface area contributed by atoms with Crippen molar-refractivity contribution >= 4 is 17.4 Å². The maximum absolute atomic E-state index is 12.2. The topological polar surface area (TPSA) is 81.7 Å². The summed E-state index contributed by atoms with van der Waals surface area (Å²) >= 11 is 0. The van der Waals surface area contributed by atoms with E-state index in [1.54, 1.807) is 20.4 Å². The van der Waals surface area contributed by atoms with Crippen LogP contribution in [-0.4, -0.2) is 38.3 Å². The summed E-state index contributed by atoms with van der Waals surface area (Å²) in [6.07, 6.45) is 3.20. The van der Waals surface area contributed by atoms with E-state index >= 15 is 0 Å². The SMILES string of the molecule is COc1ccc(CNc2ccc(NC(=O)C3CCOCC3)cn2)cc1OC. The number of nitrogens with zero attached hydrogens (tertiary/aromatic N) is 1. The van der Waals surface area contributed by atoms with Gasteiger partial charge in [-0.05, 0) is 42.7 Å². The predicted molar refractivity (Wildman–Crippen MR) is 103 cm³/mol. The zero-order valence-corrected chi connectivity index (χ0v) is 15.7. The number of nitrogens with one attached hydrogen (secondary N) is 2. The second-order valence-corrected chi connectivity index (χ2v) is 6.35. The fourth-order valence-corrected chi connectivity index (χ4v) is 2.96. The molecule has 7 heteroatoms. The van der Waals surface area contributed by atoms with Crippen molar-refractivity contribution in [2.75, 3.05) is 38.1 Å². The average molecular weight is 371 g/mol. The molecule has 27 heavy (non-hydrogen) atoms. The minimum absolute atomic E-state index is 0.0154. The highest BCUT2D eigenvalue weighted by Crippen LogP contribution is 2.27. The minimum atomic E-state index is 0.0154. The number of ether oxygens (including phenoxy) is 3. The normalized spacial score (nSPS) is 14.4. The van der Waals surface area contributed by atoms with Gasteiger partial charge < -0.3 is 24.8 Å². The van der Waals surface area contributed by atoms with Crippen LogP contribution in [0.15, 0.2) is 36.5 Å². The van der Waals surface area contributed by atoms with Crippen molar-refractivity contribution in [1.29, 1.82) is 0 Å². The van der Waals surface area contributed by atoms with Crippen molar-refractivity contribution < 1.29 is 19.0 Å². The zero-order chi connectivity index (χ0) is 19.1. The van der Waals surface area contributed by atoms with Crippen LogP contribution in [0.1, 0.15) is 18.4 Å². The van der Waals surface area contributed by atoms with Gasteiger partial charge in [-0.25, -0.2) is 4.98 Å². The molecule has 0 atom stereocenters. The molecule has 144 valence electrons. The second-order valence-electron chi connectivity index (χ2n) is 6.35. The summed E-state index contributed by atoms with van der Waals surface area (Å²) in [5.74, 6) is 2.17. The number of benzene rings is 1. The highest BCUT2D eigenvalue weighted by molar-refractivity contribution is 5.92. The molecule has 1 aromatic carbocycles. The van der Waals surface area contributed by atoms with E-state index in [2.05, 4.69) is 15.6 Å². The molecule has 1 amide bonds. The lowest BCUT2D eigenvalue weighted by molar-refractivity contribution is -0.122. The monoisotopic (exact) mass is 371 g/mol. The molecule has 1 aromatic heterocycles. The number of carbonyl (C=O) groups excluding carboxylic acids is 1. The summed E-state index contributed by atoms with van der Waals surface area (Å²) in [5, 5.41) is 6.18. The first-order valence-corrected chi connectivity index (χ1v) is 8.99. The van der Waals surface area contributed by atoms with Gasteiger partial charge in [0, 0.05) is 25.7 Å². The molecule has 7 nitrogen and oxygen atoms in total. The van der Waals surface area contributed by atoms with Crippen molar-refractivity contribution in [2.24, 2.45) is 5.92 Å². The lowest BCUT2D eigenvalue weighted by Gasteiger charge is -2.21. The molecular weight excluding hydrogens is 346 g/mol. The number of hydrogen-bond acceptors (Lipinski definition) is 6. The van der Waals surface area contributed by atoms with Gasteiger partial charge in [0.25, 0.3) is 0 Å². The van der Waals surface area contributed by atoms with E-state index in [0.29, 0.717) is 36.9 Å². The van der Waals surface area contributed by atoms with Crippen molar-refractivity contribution in [1.82, 2.24) is 4.98 Å². The smallest absolute Gasteiger partial charge is 0.227 e. The van der Waals surface area contributed by atoms with Crippen LogP contribution in [0.2, 0.25) is 0 Å². The van der Waals surface area contributed by atoms with E-state index in [1.807, 2.05) is 30.3 Å². The number of aromatic nitrogens is 1. The number of methoxy groups -OCH3 is 2.